The molecular formula is C20H24F2N4O3. The number of halogens is 2. The van der Waals surface area contributed by atoms with Crippen molar-refractivity contribution >= 4 is 5.91 Å². The third-order valence-corrected chi connectivity index (χ3v) is 5.69. The first kappa shape index (κ1) is 19.8. The van der Waals surface area contributed by atoms with Crippen LogP contribution in [-0.2, 0) is 19.5 Å². The van der Waals surface area contributed by atoms with E-state index >= 15 is 0 Å². The van der Waals surface area contributed by atoms with Crippen molar-refractivity contribution < 1.29 is 23.4 Å². The number of aliphatic hydroxyl groups is 1. The Morgan fingerprint density at radius 1 is 1.34 bits per heavy atom. The monoisotopic (exact) mass is 406 g/mol. The summed E-state index contributed by atoms with van der Waals surface area (Å²) in [7, 11) is 0. The van der Waals surface area contributed by atoms with Gasteiger partial charge in [-0.3, -0.25) is 9.48 Å². The van der Waals surface area contributed by atoms with Crippen LogP contribution in [0.15, 0.2) is 24.3 Å². The maximum Gasteiger partial charge on any atom is 0.387 e. The fourth-order valence-corrected chi connectivity index (χ4v) is 4.21. The van der Waals surface area contributed by atoms with Crippen molar-refractivity contribution in [1.29, 1.82) is 0 Å². The van der Waals surface area contributed by atoms with Gasteiger partial charge in [0, 0.05) is 24.6 Å². The van der Waals surface area contributed by atoms with Gasteiger partial charge in [-0.1, -0.05) is 12.1 Å². The van der Waals surface area contributed by atoms with Crippen molar-refractivity contribution in [3.05, 3.63) is 46.8 Å². The highest BCUT2D eigenvalue weighted by molar-refractivity contribution is 5.95. The van der Waals surface area contributed by atoms with Gasteiger partial charge in [0.1, 0.15) is 11.4 Å². The lowest BCUT2D eigenvalue weighted by Crippen LogP contribution is -2.51. The number of nitrogens with one attached hydrogen (secondary N) is 1. The van der Waals surface area contributed by atoms with Gasteiger partial charge >= 0.3 is 6.61 Å². The molecule has 0 spiro atoms. The average Bonchev–Trinajstić information content (AvgIpc) is 3.05. The van der Waals surface area contributed by atoms with Gasteiger partial charge in [-0.25, -0.2) is 0 Å². The van der Waals surface area contributed by atoms with Crippen molar-refractivity contribution in [2.24, 2.45) is 0 Å². The lowest BCUT2D eigenvalue weighted by atomic mass is 9.98. The average molecular weight is 406 g/mol. The maximum absolute atomic E-state index is 13.4. The van der Waals surface area contributed by atoms with E-state index in [1.54, 1.807) is 21.7 Å². The molecule has 0 saturated heterocycles. The zero-order chi connectivity index (χ0) is 20.7. The molecule has 3 heterocycles. The topological polar surface area (TPSA) is 79.6 Å². The largest absolute Gasteiger partial charge is 0.435 e. The Morgan fingerprint density at radius 3 is 2.72 bits per heavy atom. The van der Waals surface area contributed by atoms with Gasteiger partial charge in [-0.05, 0) is 31.5 Å². The minimum atomic E-state index is -2.89. The number of carbonyl (C=O) groups is 1. The molecule has 2 unspecified atom stereocenters. The predicted octanol–water partition coefficient (Wildman–Crippen LogP) is 2.10. The molecule has 7 nitrogen and oxygen atoms in total. The Balaban J connectivity index is 1.64. The van der Waals surface area contributed by atoms with Crippen LogP contribution < -0.4 is 10.1 Å². The maximum atomic E-state index is 13.4. The molecule has 3 atom stereocenters. The molecule has 0 saturated carbocycles. The number of carbonyl (C=O) groups excluding carboxylic acids is 1. The van der Waals surface area contributed by atoms with E-state index in [0.29, 0.717) is 24.8 Å². The number of alkyl halides is 2. The van der Waals surface area contributed by atoms with Crippen LogP contribution in [0, 0.1) is 0 Å². The molecule has 4 rings (SSSR count). The first-order valence-corrected chi connectivity index (χ1v) is 9.69. The van der Waals surface area contributed by atoms with E-state index in [1.807, 2.05) is 6.92 Å². The van der Waals surface area contributed by atoms with Crippen LogP contribution in [0.4, 0.5) is 8.78 Å². The van der Waals surface area contributed by atoms with Crippen LogP contribution in [0.5, 0.6) is 5.75 Å². The van der Waals surface area contributed by atoms with E-state index in [0.717, 1.165) is 23.2 Å². The zero-order valence-corrected chi connectivity index (χ0v) is 16.3. The number of fused-ring (bicyclic) bond motifs is 3. The highest BCUT2D eigenvalue weighted by Crippen LogP contribution is 2.32. The number of ether oxygens (including phenoxy) is 1. The van der Waals surface area contributed by atoms with E-state index in [-0.39, 0.29) is 24.3 Å². The summed E-state index contributed by atoms with van der Waals surface area (Å²) in [6.45, 7) is 1.86. The van der Waals surface area contributed by atoms with Gasteiger partial charge in [-0.2, -0.15) is 13.9 Å². The highest BCUT2D eigenvalue weighted by atomic mass is 19.3. The van der Waals surface area contributed by atoms with Crippen LogP contribution in [0.3, 0.4) is 0 Å². The Bertz CT molecular complexity index is 900. The predicted molar refractivity (Wildman–Crippen MR) is 101 cm³/mol. The smallest absolute Gasteiger partial charge is 0.387 e. The third-order valence-electron chi connectivity index (χ3n) is 5.69. The van der Waals surface area contributed by atoms with E-state index < -0.39 is 12.7 Å². The van der Waals surface area contributed by atoms with Crippen LogP contribution in [-0.4, -0.2) is 51.0 Å². The van der Waals surface area contributed by atoms with Crippen molar-refractivity contribution in [3.63, 3.8) is 0 Å². The number of hydrogen-bond acceptors (Lipinski definition) is 5. The Hall–Kier alpha value is -2.52. The minimum Gasteiger partial charge on any atom is -0.435 e. The summed E-state index contributed by atoms with van der Waals surface area (Å²) in [4.78, 5) is 15.1. The van der Waals surface area contributed by atoms with Crippen molar-refractivity contribution in [2.75, 3.05) is 6.61 Å². The second-order valence-corrected chi connectivity index (χ2v) is 7.61. The lowest BCUT2D eigenvalue weighted by Gasteiger charge is -2.39. The summed E-state index contributed by atoms with van der Waals surface area (Å²) >= 11 is 0. The third kappa shape index (κ3) is 3.60. The van der Waals surface area contributed by atoms with Gasteiger partial charge in [0.15, 0.2) is 0 Å². The summed E-state index contributed by atoms with van der Waals surface area (Å²) in [6, 6.07) is 5.76. The molecule has 2 aromatic rings. The first-order valence-electron chi connectivity index (χ1n) is 9.69. The fourth-order valence-electron chi connectivity index (χ4n) is 4.21. The van der Waals surface area contributed by atoms with Gasteiger partial charge in [0.05, 0.1) is 30.9 Å². The molecule has 29 heavy (non-hydrogen) atoms. The van der Waals surface area contributed by atoms with Gasteiger partial charge in [-0.15, -0.1) is 0 Å². The second-order valence-electron chi connectivity index (χ2n) is 7.61. The second kappa shape index (κ2) is 7.72. The summed E-state index contributed by atoms with van der Waals surface area (Å²) in [5, 5.41) is 17.9. The molecule has 1 amide bonds. The summed E-state index contributed by atoms with van der Waals surface area (Å²) < 4.78 is 30.9. The zero-order valence-electron chi connectivity index (χ0n) is 16.3. The number of nitrogens with zero attached hydrogens (tertiary/aromatic N) is 3. The molecular weight excluding hydrogens is 382 g/mol. The van der Waals surface area contributed by atoms with Crippen molar-refractivity contribution in [2.45, 2.75) is 58.1 Å². The molecule has 2 aliphatic rings. The quantitative estimate of drug-likeness (QED) is 0.795. The fraction of sp³-hybridized carbons (Fsp3) is 0.500. The molecule has 156 valence electrons. The molecule has 2 aliphatic heterocycles. The molecule has 0 fully saturated rings. The number of amides is 1. The van der Waals surface area contributed by atoms with Crippen molar-refractivity contribution in [3.8, 4) is 5.75 Å². The Labute approximate surface area is 167 Å². The Kier molecular flexibility index (Phi) is 5.26. The highest BCUT2D eigenvalue weighted by Gasteiger charge is 2.40. The lowest BCUT2D eigenvalue weighted by molar-refractivity contribution is -0.0498. The van der Waals surface area contributed by atoms with E-state index in [1.165, 1.54) is 12.1 Å². The van der Waals surface area contributed by atoms with E-state index in [2.05, 4.69) is 22.1 Å². The van der Waals surface area contributed by atoms with Crippen LogP contribution in [0.2, 0.25) is 0 Å². The number of aromatic nitrogens is 2. The first-order chi connectivity index (χ1) is 13.9. The number of hydrogen-bond donors (Lipinski definition) is 2. The molecule has 2 N–H and O–H groups in total. The Morgan fingerprint density at radius 2 is 2.07 bits per heavy atom. The van der Waals surface area contributed by atoms with E-state index in [4.69, 9.17) is 0 Å². The molecule has 1 aromatic heterocycles. The molecule has 9 heteroatoms. The van der Waals surface area contributed by atoms with Crippen LogP contribution >= 0.6 is 0 Å². The SMILES string of the molecule is CC(c1ccc(OC(F)F)cc1)N1C(=O)c2c3c(nn2CC1CO)C[C@@H](C)NC3. The van der Waals surface area contributed by atoms with Crippen LogP contribution in [0.25, 0.3) is 0 Å². The number of aliphatic hydroxyl groups excluding tert-OH is 1. The normalized spacial score (nSPS) is 22.4. The van der Waals surface area contributed by atoms with Gasteiger partial charge < -0.3 is 20.1 Å². The van der Waals surface area contributed by atoms with Gasteiger partial charge in [0.25, 0.3) is 5.91 Å². The molecule has 0 aliphatic carbocycles. The number of benzene rings is 1. The minimum absolute atomic E-state index is 0.0620. The summed E-state index contributed by atoms with van der Waals surface area (Å²) in [5.41, 5.74) is 3.18. The molecule has 0 radical (unpaired) electrons. The van der Waals surface area contributed by atoms with Crippen LogP contribution in [0.1, 0.15) is 47.2 Å². The summed E-state index contributed by atoms with van der Waals surface area (Å²) in [6.07, 6.45) is 0.757. The number of rotatable bonds is 5. The summed E-state index contributed by atoms with van der Waals surface area (Å²) in [5.74, 6) is -0.118. The molecule has 1 aromatic carbocycles. The van der Waals surface area contributed by atoms with Crippen molar-refractivity contribution in [1.82, 2.24) is 20.0 Å². The standard InChI is InChI=1S/C20H24F2N4O3/c1-11-7-17-16(8-23-11)18-19(28)26(14(10-27)9-25(18)24-17)12(2)13-3-5-15(6-4-13)29-20(21)22/h3-6,11-12,14,20,23,27H,7-10H2,1-2H3/t11-,12?,14?/m1/s1. The van der Waals surface area contributed by atoms with Gasteiger partial charge in [0.2, 0.25) is 0 Å². The molecule has 0 bridgehead atoms. The van der Waals surface area contributed by atoms with E-state index in [9.17, 15) is 18.7 Å².